The second kappa shape index (κ2) is 44.6. The standard InChI is InChI=1S/C53H97N2O11PS/c1-6-8-10-12-14-16-18-20-21-22-23-24-25-26-28-30-32-34-36-41-52(59)63-44-47(45-65-67(61,62)64-43-42-55(3,4)5)66-53(60)48(54)46-68-50(49(56)38-37-40-51(57)58)39-35-33-31-29-27-19-17-15-13-11-9-7-2/h15,17,27,29,31,33,35,39,47-50,56H,6-14,16,18-26,28,30,32,34,36-38,40-46,54H2,1-5H3,(H-,57,58,61,62)/p+1/b17-15-,29-27-,33-31+,39-35+/t47-,48+,49+,50-/m1/s1. The summed E-state index contributed by atoms with van der Waals surface area (Å²) < 4.78 is 34.5. The summed E-state index contributed by atoms with van der Waals surface area (Å²) in [7, 11) is 1.18. The van der Waals surface area contributed by atoms with Gasteiger partial charge in [-0.25, -0.2) is 4.57 Å². The molecule has 0 aliphatic rings. The van der Waals surface area contributed by atoms with Crippen molar-refractivity contribution in [3.8, 4) is 0 Å². The average molecular weight is 1000 g/mol. The molecule has 0 aromatic heterocycles. The van der Waals surface area contributed by atoms with Crippen molar-refractivity contribution in [2.45, 2.75) is 217 Å². The molecule has 0 bridgehead atoms. The molecule has 1 unspecified atom stereocenters. The third kappa shape index (κ3) is 44.9. The number of ether oxygens (including phenoxy) is 2. The third-order valence-electron chi connectivity index (χ3n) is 11.4. The highest BCUT2D eigenvalue weighted by Gasteiger charge is 2.29. The van der Waals surface area contributed by atoms with Crippen LogP contribution in [0.2, 0.25) is 0 Å². The number of likely N-dealkylation sites (N-methyl/N-ethyl adjacent to an activating group) is 1. The van der Waals surface area contributed by atoms with Gasteiger partial charge >= 0.3 is 25.7 Å². The Kier molecular flexibility index (Phi) is 43.1. The molecule has 0 rings (SSSR count). The maximum absolute atomic E-state index is 13.3. The van der Waals surface area contributed by atoms with Crippen molar-refractivity contribution < 1.29 is 57.1 Å². The molecule has 0 saturated carbocycles. The lowest BCUT2D eigenvalue weighted by Gasteiger charge is -2.25. The molecule has 5 atom stereocenters. The molecule has 0 aromatic rings. The molecule has 0 heterocycles. The molecule has 0 aliphatic heterocycles. The van der Waals surface area contributed by atoms with E-state index in [1.165, 1.54) is 127 Å². The minimum atomic E-state index is -4.54. The number of nitrogens with zero attached hydrogens (tertiary/aromatic N) is 1. The number of carbonyl (C=O) groups is 3. The van der Waals surface area contributed by atoms with Gasteiger partial charge in [0.15, 0.2) is 6.10 Å². The Balaban J connectivity index is 5.06. The van der Waals surface area contributed by atoms with E-state index < -0.39 is 62.4 Å². The second-order valence-corrected chi connectivity index (χ2v) is 21.8. The quantitative estimate of drug-likeness (QED) is 0.0113. The van der Waals surface area contributed by atoms with Gasteiger partial charge in [-0.2, -0.15) is 0 Å². The highest BCUT2D eigenvalue weighted by Crippen LogP contribution is 2.43. The summed E-state index contributed by atoms with van der Waals surface area (Å²) in [5.74, 6) is -2.26. The lowest BCUT2D eigenvalue weighted by molar-refractivity contribution is -0.870. The fourth-order valence-corrected chi connectivity index (χ4v) is 8.95. The van der Waals surface area contributed by atoms with Gasteiger partial charge in [-0.1, -0.05) is 191 Å². The monoisotopic (exact) mass is 1000 g/mol. The van der Waals surface area contributed by atoms with Crippen LogP contribution in [-0.2, 0) is 37.5 Å². The van der Waals surface area contributed by atoms with E-state index >= 15 is 0 Å². The minimum Gasteiger partial charge on any atom is -0.481 e. The normalized spacial score (nSPS) is 15.1. The first-order valence-electron chi connectivity index (χ1n) is 26.3. The number of esters is 2. The zero-order valence-corrected chi connectivity index (χ0v) is 45.0. The number of hydrogen-bond acceptors (Lipinski definition) is 11. The van der Waals surface area contributed by atoms with E-state index in [0.29, 0.717) is 17.4 Å². The minimum absolute atomic E-state index is 0.0253. The molecular formula is C53H98N2O11PS+. The van der Waals surface area contributed by atoms with E-state index in [0.717, 1.165) is 32.1 Å². The van der Waals surface area contributed by atoms with Crippen molar-refractivity contribution in [3.63, 3.8) is 0 Å². The molecule has 0 radical (unpaired) electrons. The van der Waals surface area contributed by atoms with Crippen LogP contribution in [0.4, 0.5) is 0 Å². The Morgan fingerprint density at radius 1 is 0.676 bits per heavy atom. The Bertz CT molecular complexity index is 1420. The van der Waals surface area contributed by atoms with E-state index in [1.807, 2.05) is 45.4 Å². The first-order valence-corrected chi connectivity index (χ1v) is 28.8. The number of carbonyl (C=O) groups excluding carboxylic acids is 2. The lowest BCUT2D eigenvalue weighted by Crippen LogP contribution is -2.40. The van der Waals surface area contributed by atoms with E-state index in [1.54, 1.807) is 12.2 Å². The molecule has 0 spiro atoms. The van der Waals surface area contributed by atoms with Crippen molar-refractivity contribution in [3.05, 3.63) is 48.6 Å². The number of aliphatic carboxylic acids is 1. The number of aliphatic hydroxyl groups excluding tert-OH is 1. The van der Waals surface area contributed by atoms with Crippen LogP contribution in [0.1, 0.15) is 194 Å². The molecular weight excluding hydrogens is 904 g/mol. The van der Waals surface area contributed by atoms with Gasteiger partial charge in [0.1, 0.15) is 25.8 Å². The number of quaternary nitrogens is 1. The predicted molar refractivity (Wildman–Crippen MR) is 281 cm³/mol. The number of allylic oxidation sites excluding steroid dienone is 7. The summed E-state index contributed by atoms with van der Waals surface area (Å²) in [4.78, 5) is 47.4. The van der Waals surface area contributed by atoms with E-state index in [4.69, 9.17) is 29.4 Å². The topological polar surface area (TPSA) is 192 Å². The van der Waals surface area contributed by atoms with Crippen molar-refractivity contribution in [1.29, 1.82) is 0 Å². The fraction of sp³-hybridized carbons (Fsp3) is 0.792. The summed E-state index contributed by atoms with van der Waals surface area (Å²) in [5, 5.41) is 19.6. The van der Waals surface area contributed by atoms with Gasteiger partial charge < -0.3 is 34.8 Å². The lowest BCUT2D eigenvalue weighted by atomic mass is 10.0. The molecule has 0 saturated heterocycles. The van der Waals surface area contributed by atoms with Crippen LogP contribution in [-0.4, -0.2) is 114 Å². The predicted octanol–water partition coefficient (Wildman–Crippen LogP) is 12.3. The van der Waals surface area contributed by atoms with Gasteiger partial charge in [0.2, 0.25) is 0 Å². The number of phosphoric acid groups is 1. The molecule has 0 amide bonds. The SMILES string of the molecule is CCCCC/C=C\C\C=C/C=C/C=C/[C@@H](SC[C@H](N)C(=O)O[C@H](COC(=O)CCCCCCCCCCCCCCCCCCCCC)COP(=O)(O)OCC[N+](C)(C)C)[C@@H](O)CCCC(=O)O. The molecule has 15 heteroatoms. The first-order chi connectivity index (χ1) is 32.6. The zero-order valence-electron chi connectivity index (χ0n) is 43.3. The van der Waals surface area contributed by atoms with Crippen molar-refractivity contribution in [2.75, 3.05) is 53.3 Å². The third-order valence-corrected chi connectivity index (χ3v) is 13.8. The highest BCUT2D eigenvalue weighted by atomic mass is 32.2. The smallest absolute Gasteiger partial charge is 0.472 e. The van der Waals surface area contributed by atoms with Crippen molar-refractivity contribution in [2.24, 2.45) is 5.73 Å². The summed E-state index contributed by atoms with van der Waals surface area (Å²) in [5.41, 5.74) is 6.26. The van der Waals surface area contributed by atoms with Gasteiger partial charge in [-0.3, -0.25) is 23.4 Å². The maximum Gasteiger partial charge on any atom is 0.472 e. The van der Waals surface area contributed by atoms with Crippen LogP contribution in [0.25, 0.3) is 0 Å². The van der Waals surface area contributed by atoms with E-state index in [2.05, 4.69) is 26.0 Å². The molecule has 68 heavy (non-hydrogen) atoms. The largest absolute Gasteiger partial charge is 0.481 e. The molecule has 5 N–H and O–H groups in total. The Morgan fingerprint density at radius 3 is 1.78 bits per heavy atom. The number of nitrogens with two attached hydrogens (primary N) is 1. The van der Waals surface area contributed by atoms with Crippen LogP contribution in [0.3, 0.4) is 0 Å². The van der Waals surface area contributed by atoms with Crippen molar-refractivity contribution >= 4 is 37.5 Å². The van der Waals surface area contributed by atoms with Gasteiger partial charge in [0, 0.05) is 23.8 Å². The maximum atomic E-state index is 13.3. The summed E-state index contributed by atoms with van der Waals surface area (Å²) in [6, 6.07) is -1.18. The van der Waals surface area contributed by atoms with Crippen LogP contribution in [0.5, 0.6) is 0 Å². The Hall–Kier alpha value is -2.29. The molecule has 396 valence electrons. The number of hydrogen-bond donors (Lipinski definition) is 4. The van der Waals surface area contributed by atoms with Crippen LogP contribution in [0.15, 0.2) is 48.6 Å². The highest BCUT2D eigenvalue weighted by molar-refractivity contribution is 8.00. The summed E-state index contributed by atoms with van der Waals surface area (Å²) in [6.45, 7) is 3.84. The summed E-state index contributed by atoms with van der Waals surface area (Å²) in [6.07, 6.45) is 43.4. The van der Waals surface area contributed by atoms with Crippen LogP contribution < -0.4 is 5.73 Å². The summed E-state index contributed by atoms with van der Waals surface area (Å²) >= 11 is 1.21. The Labute approximate surface area is 417 Å². The number of phosphoric ester groups is 1. The van der Waals surface area contributed by atoms with Crippen LogP contribution in [0, 0.1) is 0 Å². The number of carboxylic acid groups (broad SMARTS) is 1. The molecule has 0 aromatic carbocycles. The number of unbranched alkanes of at least 4 members (excludes halogenated alkanes) is 21. The van der Waals surface area contributed by atoms with Crippen LogP contribution >= 0.6 is 19.6 Å². The average Bonchev–Trinajstić information content (AvgIpc) is 3.28. The number of thioether (sulfide) groups is 1. The zero-order chi connectivity index (χ0) is 50.6. The Morgan fingerprint density at radius 2 is 1.22 bits per heavy atom. The van der Waals surface area contributed by atoms with E-state index in [9.17, 15) is 28.9 Å². The van der Waals surface area contributed by atoms with Gasteiger partial charge in [-0.05, 0) is 38.5 Å². The first kappa shape index (κ1) is 65.7. The van der Waals surface area contributed by atoms with E-state index in [-0.39, 0.29) is 38.0 Å². The second-order valence-electron chi connectivity index (χ2n) is 19.1. The molecule has 0 fully saturated rings. The number of rotatable bonds is 48. The molecule has 13 nitrogen and oxygen atoms in total. The van der Waals surface area contributed by atoms with Gasteiger partial charge in [0.05, 0.1) is 33.9 Å². The van der Waals surface area contributed by atoms with Crippen molar-refractivity contribution in [1.82, 2.24) is 0 Å². The fourth-order valence-electron chi connectivity index (χ4n) is 7.09. The molecule has 0 aliphatic carbocycles. The van der Waals surface area contributed by atoms with Gasteiger partial charge in [-0.15, -0.1) is 11.8 Å². The number of aliphatic hydroxyl groups is 1. The number of carboxylic acids is 1. The van der Waals surface area contributed by atoms with Gasteiger partial charge in [0.25, 0.3) is 0 Å².